The van der Waals surface area contributed by atoms with E-state index in [0.717, 1.165) is 18.4 Å². The number of carbonyl (C=O) groups excluding carboxylic acids is 2. The maximum Gasteiger partial charge on any atom is 0.250 e. The lowest BCUT2D eigenvalue weighted by Crippen LogP contribution is -2.55. The summed E-state index contributed by atoms with van der Waals surface area (Å²) in [6, 6.07) is 8.96. The van der Waals surface area contributed by atoms with Crippen LogP contribution in [-0.2, 0) is 9.59 Å². The summed E-state index contributed by atoms with van der Waals surface area (Å²) < 4.78 is 0. The second-order valence-corrected chi connectivity index (χ2v) is 6.62. The van der Waals surface area contributed by atoms with Gasteiger partial charge in [-0.15, -0.1) is 0 Å². The first kappa shape index (κ1) is 14.1. The molecule has 112 valence electrons. The van der Waals surface area contributed by atoms with Gasteiger partial charge in [0, 0.05) is 6.54 Å². The van der Waals surface area contributed by atoms with E-state index in [9.17, 15) is 9.59 Å². The molecule has 0 bridgehead atoms. The number of rotatable bonds is 3. The second-order valence-electron chi connectivity index (χ2n) is 6.62. The van der Waals surface area contributed by atoms with E-state index in [1.807, 2.05) is 30.3 Å². The molecule has 1 heterocycles. The van der Waals surface area contributed by atoms with Crippen molar-refractivity contribution in [2.45, 2.75) is 38.6 Å². The summed E-state index contributed by atoms with van der Waals surface area (Å²) in [4.78, 5) is 26.4. The van der Waals surface area contributed by atoms with Crippen molar-refractivity contribution in [3.63, 3.8) is 0 Å². The summed E-state index contributed by atoms with van der Waals surface area (Å²) in [6.07, 6.45) is 4.75. The monoisotopic (exact) mass is 286 g/mol. The fourth-order valence-corrected chi connectivity index (χ4v) is 3.55. The van der Waals surface area contributed by atoms with Crippen molar-refractivity contribution in [2.24, 2.45) is 5.41 Å². The number of piperazine rings is 1. The van der Waals surface area contributed by atoms with E-state index in [0.29, 0.717) is 6.54 Å². The normalized spacial score (nSPS) is 25.0. The van der Waals surface area contributed by atoms with Crippen LogP contribution in [0, 0.1) is 5.41 Å². The van der Waals surface area contributed by atoms with Crippen molar-refractivity contribution >= 4 is 11.8 Å². The third-order valence-corrected chi connectivity index (χ3v) is 4.71. The highest BCUT2D eigenvalue weighted by molar-refractivity contribution is 5.95. The van der Waals surface area contributed by atoms with Crippen LogP contribution in [0.1, 0.15) is 44.2 Å². The van der Waals surface area contributed by atoms with Gasteiger partial charge < -0.3 is 10.2 Å². The number of hydrogen-bond donors (Lipinski definition) is 1. The predicted octanol–water partition coefficient (Wildman–Crippen LogP) is 2.27. The molecular formula is C17H22N2O2. The van der Waals surface area contributed by atoms with Crippen LogP contribution in [0.2, 0.25) is 0 Å². The van der Waals surface area contributed by atoms with Gasteiger partial charge >= 0.3 is 0 Å². The van der Waals surface area contributed by atoms with Gasteiger partial charge in [-0.25, -0.2) is 0 Å². The van der Waals surface area contributed by atoms with Crippen molar-refractivity contribution in [2.75, 3.05) is 13.1 Å². The first-order valence-corrected chi connectivity index (χ1v) is 7.71. The molecule has 4 nitrogen and oxygen atoms in total. The molecule has 1 N–H and O–H groups in total. The lowest BCUT2D eigenvalue weighted by atomic mass is 9.87. The smallest absolute Gasteiger partial charge is 0.250 e. The molecule has 0 aromatic heterocycles. The largest absolute Gasteiger partial charge is 0.339 e. The number of benzene rings is 1. The van der Waals surface area contributed by atoms with Crippen molar-refractivity contribution in [3.8, 4) is 0 Å². The lowest BCUT2D eigenvalue weighted by molar-refractivity contribution is -0.146. The third-order valence-electron chi connectivity index (χ3n) is 4.71. The molecular weight excluding hydrogens is 264 g/mol. The Morgan fingerprint density at radius 2 is 1.86 bits per heavy atom. The van der Waals surface area contributed by atoms with E-state index >= 15 is 0 Å². The second kappa shape index (κ2) is 5.51. The van der Waals surface area contributed by atoms with Gasteiger partial charge in [-0.1, -0.05) is 50.1 Å². The predicted molar refractivity (Wildman–Crippen MR) is 80.5 cm³/mol. The van der Waals surface area contributed by atoms with Crippen molar-refractivity contribution in [1.29, 1.82) is 0 Å². The highest BCUT2D eigenvalue weighted by Crippen LogP contribution is 2.38. The summed E-state index contributed by atoms with van der Waals surface area (Å²) >= 11 is 0. The fraction of sp³-hybridized carbons (Fsp3) is 0.529. The van der Waals surface area contributed by atoms with Crippen molar-refractivity contribution in [3.05, 3.63) is 35.9 Å². The standard InChI is InChI=1S/C17H22N2O2/c1-17(9-5-6-10-17)12-19-11-14(20)18-15(16(19)21)13-7-3-2-4-8-13/h2-4,7-8,15H,5-6,9-12H2,1H3,(H,18,20). The molecule has 1 unspecified atom stereocenters. The lowest BCUT2D eigenvalue weighted by Gasteiger charge is -2.37. The van der Waals surface area contributed by atoms with Gasteiger partial charge in [-0.2, -0.15) is 0 Å². The quantitative estimate of drug-likeness (QED) is 0.926. The Morgan fingerprint density at radius 1 is 1.19 bits per heavy atom. The van der Waals surface area contributed by atoms with Gasteiger partial charge in [-0.3, -0.25) is 9.59 Å². The van der Waals surface area contributed by atoms with Crippen LogP contribution in [0.25, 0.3) is 0 Å². The first-order valence-electron chi connectivity index (χ1n) is 7.71. The van der Waals surface area contributed by atoms with Crippen LogP contribution >= 0.6 is 0 Å². The van der Waals surface area contributed by atoms with Gasteiger partial charge in [-0.05, 0) is 23.8 Å². The number of carbonyl (C=O) groups is 2. The van der Waals surface area contributed by atoms with E-state index in [1.54, 1.807) is 4.90 Å². The zero-order valence-corrected chi connectivity index (χ0v) is 12.5. The molecule has 0 radical (unpaired) electrons. The van der Waals surface area contributed by atoms with E-state index in [4.69, 9.17) is 0 Å². The van der Waals surface area contributed by atoms with Crippen LogP contribution in [0.15, 0.2) is 30.3 Å². The van der Waals surface area contributed by atoms with E-state index in [1.165, 1.54) is 12.8 Å². The molecule has 21 heavy (non-hydrogen) atoms. The molecule has 0 spiro atoms. The number of nitrogens with one attached hydrogen (secondary N) is 1. The van der Waals surface area contributed by atoms with Crippen molar-refractivity contribution < 1.29 is 9.59 Å². The Morgan fingerprint density at radius 3 is 2.52 bits per heavy atom. The Balaban J connectivity index is 1.78. The topological polar surface area (TPSA) is 49.4 Å². The van der Waals surface area contributed by atoms with E-state index < -0.39 is 6.04 Å². The molecule has 1 atom stereocenters. The molecule has 3 rings (SSSR count). The Kier molecular flexibility index (Phi) is 3.70. The summed E-state index contributed by atoms with van der Waals surface area (Å²) in [5.41, 5.74) is 1.03. The highest BCUT2D eigenvalue weighted by atomic mass is 16.2. The minimum Gasteiger partial charge on any atom is -0.339 e. The summed E-state index contributed by atoms with van der Waals surface area (Å²) in [5.74, 6) is -0.0426. The molecule has 1 aromatic carbocycles. The Bertz CT molecular complexity index is 535. The Hall–Kier alpha value is -1.84. The molecule has 4 heteroatoms. The van der Waals surface area contributed by atoms with Gasteiger partial charge in [0.1, 0.15) is 6.04 Å². The van der Waals surface area contributed by atoms with Crippen LogP contribution in [0.5, 0.6) is 0 Å². The fourth-order valence-electron chi connectivity index (χ4n) is 3.55. The average molecular weight is 286 g/mol. The minimum absolute atomic E-state index is 0.0222. The molecule has 2 amide bonds. The molecule has 1 aliphatic heterocycles. The van der Waals surface area contributed by atoms with Crippen LogP contribution < -0.4 is 5.32 Å². The summed E-state index contributed by atoms with van der Waals surface area (Å²) in [7, 11) is 0. The summed E-state index contributed by atoms with van der Waals surface area (Å²) in [6.45, 7) is 3.12. The summed E-state index contributed by atoms with van der Waals surface area (Å²) in [5, 5.41) is 2.82. The average Bonchev–Trinajstić information content (AvgIpc) is 2.90. The van der Waals surface area contributed by atoms with E-state index in [-0.39, 0.29) is 23.8 Å². The van der Waals surface area contributed by atoms with Gasteiger partial charge in [0.15, 0.2) is 0 Å². The first-order chi connectivity index (χ1) is 10.1. The van der Waals surface area contributed by atoms with Gasteiger partial charge in [0.05, 0.1) is 6.54 Å². The van der Waals surface area contributed by atoms with Crippen LogP contribution in [0.4, 0.5) is 0 Å². The van der Waals surface area contributed by atoms with Crippen LogP contribution in [-0.4, -0.2) is 29.8 Å². The maximum absolute atomic E-state index is 12.7. The van der Waals surface area contributed by atoms with Gasteiger partial charge in [0.25, 0.3) is 0 Å². The maximum atomic E-state index is 12.7. The van der Waals surface area contributed by atoms with Gasteiger partial charge in [0.2, 0.25) is 11.8 Å². The number of amides is 2. The SMILES string of the molecule is CC1(CN2CC(=O)NC(c3ccccc3)C2=O)CCCC1. The zero-order valence-electron chi connectivity index (χ0n) is 12.5. The molecule has 1 aromatic rings. The third kappa shape index (κ3) is 2.94. The number of hydrogen-bond acceptors (Lipinski definition) is 2. The molecule has 1 saturated heterocycles. The zero-order chi connectivity index (χ0) is 14.9. The van der Waals surface area contributed by atoms with Crippen LogP contribution in [0.3, 0.4) is 0 Å². The highest BCUT2D eigenvalue weighted by Gasteiger charge is 2.38. The Labute approximate surface area is 125 Å². The molecule has 1 aliphatic carbocycles. The molecule has 2 aliphatic rings. The van der Waals surface area contributed by atoms with Crippen molar-refractivity contribution in [1.82, 2.24) is 10.2 Å². The minimum atomic E-state index is -0.530. The number of nitrogens with zero attached hydrogens (tertiary/aromatic N) is 1. The van der Waals surface area contributed by atoms with E-state index in [2.05, 4.69) is 12.2 Å². The molecule has 1 saturated carbocycles. The molecule has 2 fully saturated rings.